The van der Waals surface area contributed by atoms with Crippen LogP contribution in [0, 0.1) is 6.92 Å². The highest BCUT2D eigenvalue weighted by atomic mass is 32.1. The average Bonchev–Trinajstić information content (AvgIpc) is 3.37. The van der Waals surface area contributed by atoms with Crippen molar-refractivity contribution in [2.75, 3.05) is 25.0 Å². The highest BCUT2D eigenvalue weighted by Crippen LogP contribution is 2.26. The number of likely N-dealkylation sites (tertiary alicyclic amines) is 1. The Morgan fingerprint density at radius 1 is 1.44 bits per heavy atom. The Morgan fingerprint density at radius 2 is 2.33 bits per heavy atom. The molecule has 1 aliphatic rings. The smallest absolute Gasteiger partial charge is 0.239 e. The molecule has 1 saturated heterocycles. The fourth-order valence-corrected chi connectivity index (χ4v) is 3.57. The number of nitrogens with zero attached hydrogens (tertiary/aromatic N) is 4. The van der Waals surface area contributed by atoms with Gasteiger partial charge in [0, 0.05) is 30.7 Å². The zero-order valence-electron chi connectivity index (χ0n) is 14.8. The fourth-order valence-electron chi connectivity index (χ4n) is 2.98. The molecule has 8 nitrogen and oxygen atoms in total. The van der Waals surface area contributed by atoms with Crippen molar-refractivity contribution in [1.29, 1.82) is 0 Å². The minimum Gasteiger partial charge on any atom is -0.458 e. The lowest BCUT2D eigenvalue weighted by Gasteiger charge is -2.14. The van der Waals surface area contributed by atoms with Gasteiger partial charge in [0.25, 0.3) is 0 Å². The number of aryl methyl sites for hydroxylation is 1. The number of rotatable bonds is 5. The van der Waals surface area contributed by atoms with Gasteiger partial charge in [0.1, 0.15) is 22.3 Å². The molecule has 0 bridgehead atoms. The number of furan rings is 1. The van der Waals surface area contributed by atoms with Crippen LogP contribution in [0.1, 0.15) is 12.2 Å². The Labute approximate surface area is 159 Å². The van der Waals surface area contributed by atoms with Gasteiger partial charge in [0.05, 0.1) is 12.6 Å². The number of nitrogens with one attached hydrogen (secondary N) is 1. The minimum absolute atomic E-state index is 0.186. The van der Waals surface area contributed by atoms with Crippen molar-refractivity contribution >= 4 is 23.1 Å². The molecule has 140 valence electrons. The molecule has 9 heteroatoms. The lowest BCUT2D eigenvalue weighted by molar-refractivity contribution is -0.117. The Hall–Kier alpha value is -2.62. The summed E-state index contributed by atoms with van der Waals surface area (Å²) >= 11 is 1.46. The van der Waals surface area contributed by atoms with Crippen LogP contribution in [0.5, 0.6) is 0 Å². The monoisotopic (exact) mass is 385 g/mol. The van der Waals surface area contributed by atoms with E-state index in [1.54, 1.807) is 18.3 Å². The second kappa shape index (κ2) is 7.55. The van der Waals surface area contributed by atoms with Crippen LogP contribution in [-0.2, 0) is 4.79 Å². The van der Waals surface area contributed by atoms with Gasteiger partial charge in [-0.25, -0.2) is 15.0 Å². The molecule has 1 atom stereocenters. The van der Waals surface area contributed by atoms with Gasteiger partial charge in [-0.05, 0) is 25.5 Å². The number of aliphatic hydroxyl groups excluding tert-OH is 1. The summed E-state index contributed by atoms with van der Waals surface area (Å²) < 4.78 is 5.63. The first-order valence-electron chi connectivity index (χ1n) is 8.63. The van der Waals surface area contributed by atoms with E-state index in [2.05, 4.69) is 20.3 Å². The van der Waals surface area contributed by atoms with E-state index in [-0.39, 0.29) is 18.6 Å². The maximum absolute atomic E-state index is 12.4. The molecule has 3 aromatic heterocycles. The minimum atomic E-state index is -0.359. The van der Waals surface area contributed by atoms with Gasteiger partial charge < -0.3 is 14.8 Å². The molecule has 4 heterocycles. The first-order chi connectivity index (χ1) is 13.1. The fraction of sp³-hybridized carbons (Fsp3) is 0.333. The molecule has 0 aliphatic carbocycles. The SMILES string of the molecule is Cc1ccc(-c2nc(NC(=O)CN3CC[C@H](O)C3)cc(-c3nccs3)n2)o1. The number of carbonyl (C=O) groups is 1. The highest BCUT2D eigenvalue weighted by molar-refractivity contribution is 7.13. The van der Waals surface area contributed by atoms with Crippen LogP contribution in [-0.4, -0.2) is 56.6 Å². The maximum Gasteiger partial charge on any atom is 0.239 e. The molecule has 0 spiro atoms. The molecule has 27 heavy (non-hydrogen) atoms. The summed E-state index contributed by atoms with van der Waals surface area (Å²) in [6, 6.07) is 5.34. The summed E-state index contributed by atoms with van der Waals surface area (Å²) in [5.41, 5.74) is 0.621. The van der Waals surface area contributed by atoms with Crippen LogP contribution in [0.4, 0.5) is 5.82 Å². The molecule has 0 radical (unpaired) electrons. The number of aliphatic hydroxyl groups is 1. The third kappa shape index (κ3) is 4.21. The van der Waals surface area contributed by atoms with E-state index in [0.29, 0.717) is 42.6 Å². The van der Waals surface area contributed by atoms with Crippen molar-refractivity contribution in [3.8, 4) is 22.3 Å². The number of thiazole rings is 1. The lowest BCUT2D eigenvalue weighted by Crippen LogP contribution is -2.32. The van der Waals surface area contributed by atoms with Gasteiger partial charge in [0.15, 0.2) is 11.6 Å². The van der Waals surface area contributed by atoms with E-state index in [0.717, 1.165) is 10.8 Å². The zero-order valence-corrected chi connectivity index (χ0v) is 15.6. The average molecular weight is 385 g/mol. The van der Waals surface area contributed by atoms with Gasteiger partial charge in [-0.1, -0.05) is 0 Å². The molecular formula is C18H19N5O3S. The van der Waals surface area contributed by atoms with Crippen LogP contribution < -0.4 is 5.32 Å². The number of β-amino-alcohol motifs (C(OH)–C–C–N with tert-alkyl or cyclic N) is 1. The van der Waals surface area contributed by atoms with Crippen molar-refractivity contribution in [3.05, 3.63) is 35.5 Å². The Balaban J connectivity index is 1.59. The molecular weight excluding hydrogens is 366 g/mol. The lowest BCUT2D eigenvalue weighted by atomic mass is 10.3. The van der Waals surface area contributed by atoms with Gasteiger partial charge in [-0.15, -0.1) is 11.3 Å². The van der Waals surface area contributed by atoms with Crippen LogP contribution in [0.3, 0.4) is 0 Å². The topological polar surface area (TPSA) is 104 Å². The summed E-state index contributed by atoms with van der Waals surface area (Å²) in [6.07, 6.45) is 2.04. The number of hydrogen-bond donors (Lipinski definition) is 2. The van der Waals surface area contributed by atoms with E-state index >= 15 is 0 Å². The Morgan fingerprint density at radius 3 is 3.00 bits per heavy atom. The van der Waals surface area contributed by atoms with Gasteiger partial charge >= 0.3 is 0 Å². The first kappa shape index (κ1) is 17.8. The summed E-state index contributed by atoms with van der Waals surface area (Å²) in [4.78, 5) is 27.6. The van der Waals surface area contributed by atoms with Gasteiger partial charge in [0.2, 0.25) is 5.91 Å². The maximum atomic E-state index is 12.4. The molecule has 3 aromatic rings. The number of hydrogen-bond acceptors (Lipinski definition) is 8. The van der Waals surface area contributed by atoms with E-state index in [9.17, 15) is 9.90 Å². The second-order valence-electron chi connectivity index (χ2n) is 6.44. The third-order valence-electron chi connectivity index (χ3n) is 4.22. The van der Waals surface area contributed by atoms with Gasteiger partial charge in [-0.2, -0.15) is 0 Å². The number of anilines is 1. The summed E-state index contributed by atoms with van der Waals surface area (Å²) in [5, 5.41) is 15.0. The van der Waals surface area contributed by atoms with E-state index in [4.69, 9.17) is 4.42 Å². The summed E-state index contributed by atoms with van der Waals surface area (Å²) in [5.74, 6) is 1.89. The molecule has 0 unspecified atom stereocenters. The number of carbonyl (C=O) groups excluding carboxylic acids is 1. The molecule has 0 aromatic carbocycles. The Bertz CT molecular complexity index is 940. The Kier molecular flexibility index (Phi) is 4.97. The van der Waals surface area contributed by atoms with Crippen molar-refractivity contribution in [3.63, 3.8) is 0 Å². The predicted octanol–water partition coefficient (Wildman–Crippen LogP) is 2.17. The van der Waals surface area contributed by atoms with Crippen LogP contribution in [0.2, 0.25) is 0 Å². The molecule has 2 N–H and O–H groups in total. The molecule has 1 amide bonds. The van der Waals surface area contributed by atoms with E-state index in [1.165, 1.54) is 11.3 Å². The van der Waals surface area contributed by atoms with Gasteiger partial charge in [-0.3, -0.25) is 9.69 Å². The second-order valence-corrected chi connectivity index (χ2v) is 7.33. The van der Waals surface area contributed by atoms with Crippen LogP contribution in [0.25, 0.3) is 22.3 Å². The summed E-state index contributed by atoms with van der Waals surface area (Å²) in [7, 11) is 0. The number of aromatic nitrogens is 3. The van der Waals surface area contributed by atoms with Crippen LogP contribution >= 0.6 is 11.3 Å². The third-order valence-corrected chi connectivity index (χ3v) is 5.02. The molecule has 1 fully saturated rings. The first-order valence-corrected chi connectivity index (χ1v) is 9.51. The van der Waals surface area contributed by atoms with E-state index in [1.807, 2.05) is 23.3 Å². The van der Waals surface area contributed by atoms with Crippen molar-refractivity contribution in [2.24, 2.45) is 0 Å². The molecule has 4 rings (SSSR count). The van der Waals surface area contributed by atoms with Crippen molar-refractivity contribution in [1.82, 2.24) is 19.9 Å². The van der Waals surface area contributed by atoms with Crippen molar-refractivity contribution < 1.29 is 14.3 Å². The van der Waals surface area contributed by atoms with Crippen LogP contribution in [0.15, 0.2) is 34.2 Å². The quantitative estimate of drug-likeness (QED) is 0.693. The number of amides is 1. The van der Waals surface area contributed by atoms with E-state index < -0.39 is 0 Å². The zero-order chi connectivity index (χ0) is 18.8. The normalized spacial score (nSPS) is 17.3. The predicted molar refractivity (Wildman–Crippen MR) is 101 cm³/mol. The molecule has 0 saturated carbocycles. The standard InChI is InChI=1S/C18H19N5O3S/c1-11-2-3-14(26-11)17-20-13(18-19-5-7-27-18)8-15(22-17)21-16(25)10-23-6-4-12(24)9-23/h2-3,5,7-8,12,24H,4,6,9-10H2,1H3,(H,20,21,22,25)/t12-/m0/s1. The van der Waals surface area contributed by atoms with Crippen molar-refractivity contribution in [2.45, 2.75) is 19.4 Å². The largest absolute Gasteiger partial charge is 0.458 e. The highest BCUT2D eigenvalue weighted by Gasteiger charge is 2.22. The summed E-state index contributed by atoms with van der Waals surface area (Å²) in [6.45, 7) is 3.28. The molecule has 1 aliphatic heterocycles.